The second-order valence-electron chi connectivity index (χ2n) is 11.5. The molecule has 200 valence electrons. The molecule has 4 aliphatic rings. The summed E-state index contributed by atoms with van der Waals surface area (Å²) >= 11 is 0. The summed E-state index contributed by atoms with van der Waals surface area (Å²) < 4.78 is 0. The van der Waals surface area contributed by atoms with Gasteiger partial charge in [0.1, 0.15) is 6.04 Å². The maximum Gasteiger partial charge on any atom is 0.255 e. The molecule has 38 heavy (non-hydrogen) atoms. The van der Waals surface area contributed by atoms with E-state index in [4.69, 9.17) is 0 Å². The molecule has 8 heteroatoms. The Morgan fingerprint density at radius 3 is 2.66 bits per heavy atom. The van der Waals surface area contributed by atoms with Crippen molar-refractivity contribution in [2.45, 2.75) is 82.6 Å². The lowest BCUT2D eigenvalue weighted by atomic mass is 9.94. The molecule has 3 atom stereocenters. The molecule has 2 aromatic rings. The van der Waals surface area contributed by atoms with Crippen LogP contribution in [0, 0.1) is 0 Å². The molecular formula is C30H37N5O3. The zero-order chi connectivity index (χ0) is 26.2. The summed E-state index contributed by atoms with van der Waals surface area (Å²) in [5, 5.41) is 2.37. The van der Waals surface area contributed by atoms with Crippen molar-refractivity contribution in [1.82, 2.24) is 25.0 Å². The number of carbonyl (C=O) groups is 3. The van der Waals surface area contributed by atoms with Crippen LogP contribution >= 0.6 is 0 Å². The molecule has 6 rings (SSSR count). The van der Waals surface area contributed by atoms with Crippen LogP contribution in [-0.2, 0) is 22.7 Å². The molecule has 0 aliphatic carbocycles. The van der Waals surface area contributed by atoms with Crippen LogP contribution in [0.4, 0.5) is 0 Å². The largest absolute Gasteiger partial charge is 0.322 e. The number of likely N-dealkylation sites (tertiary alicyclic amines) is 2. The third kappa shape index (κ3) is 4.99. The van der Waals surface area contributed by atoms with Crippen LogP contribution in [0.15, 0.2) is 36.5 Å². The van der Waals surface area contributed by atoms with E-state index >= 15 is 0 Å². The number of fused-ring (bicyclic) bond motifs is 1. The lowest BCUT2D eigenvalue weighted by Gasteiger charge is -2.38. The Balaban J connectivity index is 1.17. The first-order valence-electron chi connectivity index (χ1n) is 14.1. The van der Waals surface area contributed by atoms with Gasteiger partial charge in [0.05, 0.1) is 5.69 Å². The number of aromatic nitrogens is 1. The molecule has 0 spiro atoms. The number of rotatable bonds is 6. The number of hydrogen-bond donors (Lipinski definition) is 1. The van der Waals surface area contributed by atoms with Gasteiger partial charge in [0.25, 0.3) is 5.91 Å². The molecule has 5 heterocycles. The monoisotopic (exact) mass is 515 g/mol. The molecule has 3 saturated heterocycles. The van der Waals surface area contributed by atoms with Gasteiger partial charge >= 0.3 is 0 Å². The van der Waals surface area contributed by atoms with E-state index in [9.17, 15) is 14.4 Å². The van der Waals surface area contributed by atoms with Crippen LogP contribution in [0.5, 0.6) is 0 Å². The number of hydrogen-bond acceptors (Lipinski definition) is 6. The second-order valence-corrected chi connectivity index (χ2v) is 11.5. The van der Waals surface area contributed by atoms with Gasteiger partial charge in [-0.1, -0.05) is 12.5 Å². The highest BCUT2D eigenvalue weighted by Crippen LogP contribution is 2.32. The minimum absolute atomic E-state index is 0.146. The fraction of sp³-hybridized carbons (Fsp3) is 0.533. The van der Waals surface area contributed by atoms with E-state index in [1.54, 1.807) is 4.90 Å². The molecule has 0 saturated carbocycles. The van der Waals surface area contributed by atoms with Crippen molar-refractivity contribution in [3.05, 3.63) is 53.2 Å². The fourth-order valence-electron chi connectivity index (χ4n) is 6.83. The summed E-state index contributed by atoms with van der Waals surface area (Å²) in [6, 6.07) is 10.9. The minimum Gasteiger partial charge on any atom is -0.322 e. The second kappa shape index (κ2) is 10.6. The van der Waals surface area contributed by atoms with Crippen LogP contribution in [0.2, 0.25) is 0 Å². The van der Waals surface area contributed by atoms with Gasteiger partial charge in [0.2, 0.25) is 11.8 Å². The van der Waals surface area contributed by atoms with Gasteiger partial charge in [-0.05, 0) is 94.1 Å². The Hall–Kier alpha value is -3.10. The third-order valence-corrected chi connectivity index (χ3v) is 8.99. The van der Waals surface area contributed by atoms with Crippen LogP contribution in [0.25, 0.3) is 11.3 Å². The number of nitrogens with zero attached hydrogens (tertiary/aromatic N) is 4. The van der Waals surface area contributed by atoms with Gasteiger partial charge < -0.3 is 9.80 Å². The van der Waals surface area contributed by atoms with Gasteiger partial charge in [-0.2, -0.15) is 0 Å². The molecule has 1 aromatic heterocycles. The molecule has 1 aromatic carbocycles. The van der Waals surface area contributed by atoms with Gasteiger partial charge in [-0.15, -0.1) is 0 Å². The zero-order valence-corrected chi connectivity index (χ0v) is 22.2. The number of pyridine rings is 1. The van der Waals surface area contributed by atoms with Crippen molar-refractivity contribution in [3.63, 3.8) is 0 Å². The Labute approximate surface area is 224 Å². The van der Waals surface area contributed by atoms with Crippen molar-refractivity contribution < 1.29 is 14.4 Å². The summed E-state index contributed by atoms with van der Waals surface area (Å²) in [5.41, 5.74) is 4.68. The normalized spacial score (nSPS) is 26.6. The van der Waals surface area contributed by atoms with Crippen LogP contribution < -0.4 is 5.32 Å². The highest BCUT2D eigenvalue weighted by molar-refractivity contribution is 6.05. The summed E-state index contributed by atoms with van der Waals surface area (Å²) in [6.07, 6.45) is 10.3. The summed E-state index contributed by atoms with van der Waals surface area (Å²) in [4.78, 5) is 48.5. The predicted molar refractivity (Wildman–Crippen MR) is 144 cm³/mol. The van der Waals surface area contributed by atoms with Crippen molar-refractivity contribution in [2.24, 2.45) is 0 Å². The molecular weight excluding hydrogens is 478 g/mol. The maximum atomic E-state index is 13.1. The first-order valence-corrected chi connectivity index (χ1v) is 14.1. The first-order chi connectivity index (χ1) is 18.5. The van der Waals surface area contributed by atoms with E-state index in [0.29, 0.717) is 30.6 Å². The summed E-state index contributed by atoms with van der Waals surface area (Å²) in [5.74, 6) is -0.801. The standard InChI is InChI=1S/C30H37N5O3/c1-33-13-4-6-23(33)17-24-5-2-3-14-34(24)18-20-11-12-31-26(15-20)21-7-8-25-22(16-21)19-35(30(25)38)27-9-10-28(36)32-29(27)37/h7-8,11-12,15-16,23-24,27H,2-6,9-10,13-14,17-19H2,1H3,(H,32,36,37)/t23-,24-,27-/m0/s1. The Kier molecular flexibility index (Phi) is 7.01. The molecule has 3 amide bonds. The number of nitrogens with one attached hydrogen (secondary N) is 1. The van der Waals surface area contributed by atoms with Gasteiger partial charge in [-0.3, -0.25) is 29.6 Å². The molecule has 0 unspecified atom stereocenters. The van der Waals surface area contributed by atoms with Crippen LogP contribution in [-0.4, -0.2) is 75.7 Å². The molecule has 0 bridgehead atoms. The molecule has 0 radical (unpaired) electrons. The van der Waals surface area contributed by atoms with Crippen molar-refractivity contribution in [3.8, 4) is 11.3 Å². The van der Waals surface area contributed by atoms with E-state index < -0.39 is 6.04 Å². The summed E-state index contributed by atoms with van der Waals surface area (Å²) in [6.45, 7) is 3.68. The average molecular weight is 516 g/mol. The number of amides is 3. The molecule has 1 N–H and O–H groups in total. The molecule has 8 nitrogen and oxygen atoms in total. The zero-order valence-electron chi connectivity index (χ0n) is 22.2. The summed E-state index contributed by atoms with van der Waals surface area (Å²) in [7, 11) is 2.27. The lowest BCUT2D eigenvalue weighted by Crippen LogP contribution is -2.52. The third-order valence-electron chi connectivity index (χ3n) is 8.99. The van der Waals surface area contributed by atoms with Gasteiger partial charge in [0, 0.05) is 48.9 Å². The highest BCUT2D eigenvalue weighted by Gasteiger charge is 2.39. The highest BCUT2D eigenvalue weighted by atomic mass is 16.2. The Morgan fingerprint density at radius 1 is 0.974 bits per heavy atom. The average Bonchev–Trinajstić information content (AvgIpc) is 3.47. The van der Waals surface area contributed by atoms with E-state index in [1.165, 1.54) is 50.6 Å². The lowest BCUT2D eigenvalue weighted by molar-refractivity contribution is -0.136. The quantitative estimate of drug-likeness (QED) is 0.594. The number of imide groups is 1. The van der Waals surface area contributed by atoms with E-state index in [0.717, 1.165) is 29.9 Å². The number of benzene rings is 1. The first kappa shape index (κ1) is 25.2. The Bertz CT molecular complexity index is 1250. The number of piperidine rings is 2. The van der Waals surface area contributed by atoms with Gasteiger partial charge in [0.15, 0.2) is 0 Å². The number of carbonyl (C=O) groups excluding carboxylic acids is 3. The fourth-order valence-corrected chi connectivity index (χ4v) is 6.83. The van der Waals surface area contributed by atoms with Crippen molar-refractivity contribution >= 4 is 17.7 Å². The van der Waals surface area contributed by atoms with E-state index in [1.807, 2.05) is 24.4 Å². The van der Waals surface area contributed by atoms with E-state index in [2.05, 4.69) is 39.3 Å². The molecule has 3 fully saturated rings. The van der Waals surface area contributed by atoms with Gasteiger partial charge in [-0.25, -0.2) is 0 Å². The van der Waals surface area contributed by atoms with Crippen molar-refractivity contribution in [1.29, 1.82) is 0 Å². The van der Waals surface area contributed by atoms with Crippen molar-refractivity contribution in [2.75, 3.05) is 20.1 Å². The Morgan fingerprint density at radius 2 is 1.84 bits per heavy atom. The predicted octanol–water partition coefficient (Wildman–Crippen LogP) is 3.35. The smallest absolute Gasteiger partial charge is 0.255 e. The topological polar surface area (TPSA) is 85.8 Å². The van der Waals surface area contributed by atoms with E-state index in [-0.39, 0.29) is 24.1 Å². The SMILES string of the molecule is CN1CCC[C@H]1C[C@@H]1CCCCN1Cc1ccnc(-c2ccc3c(c2)CN([C@H]2CCC(=O)NC2=O)C3=O)c1. The van der Waals surface area contributed by atoms with Crippen LogP contribution in [0.3, 0.4) is 0 Å². The maximum absolute atomic E-state index is 13.1. The van der Waals surface area contributed by atoms with Crippen LogP contribution in [0.1, 0.15) is 72.9 Å². The minimum atomic E-state index is -0.598. The molecule has 4 aliphatic heterocycles.